The predicted molar refractivity (Wildman–Crippen MR) is 79.3 cm³/mol. The Bertz CT molecular complexity index is 801. The molecule has 102 valence electrons. The van der Waals surface area contributed by atoms with Crippen molar-refractivity contribution in [3.63, 3.8) is 0 Å². The van der Waals surface area contributed by atoms with Crippen LogP contribution >= 0.6 is 11.3 Å². The highest BCUT2D eigenvalue weighted by molar-refractivity contribution is 7.15. The summed E-state index contributed by atoms with van der Waals surface area (Å²) in [5.74, 6) is -0.845. The number of aryl methyl sites for hydroxylation is 2. The summed E-state index contributed by atoms with van der Waals surface area (Å²) in [5, 5.41) is 9.15. The number of hydrogen-bond donors (Lipinski definition) is 1. The molecule has 0 aliphatic heterocycles. The minimum absolute atomic E-state index is 0.0309. The van der Waals surface area contributed by atoms with Gasteiger partial charge in [-0.2, -0.15) is 0 Å². The molecule has 0 aliphatic carbocycles. The van der Waals surface area contributed by atoms with Crippen molar-refractivity contribution in [1.29, 1.82) is 0 Å². The number of pyridine rings is 1. The van der Waals surface area contributed by atoms with Crippen LogP contribution in [0.25, 0.3) is 16.2 Å². The van der Waals surface area contributed by atoms with E-state index in [2.05, 4.69) is 4.98 Å². The number of aliphatic carboxylic acids is 1. The van der Waals surface area contributed by atoms with Gasteiger partial charge < -0.3 is 9.51 Å². The van der Waals surface area contributed by atoms with Gasteiger partial charge >= 0.3 is 5.97 Å². The summed E-state index contributed by atoms with van der Waals surface area (Å²) in [7, 11) is 0. The fraction of sp³-hybridized carbons (Fsp3) is 0.200. The van der Waals surface area contributed by atoms with Crippen LogP contribution in [0.15, 0.2) is 30.5 Å². The standard InChI is InChI=1S/C15H14N2O2S/c1-9-3-6-13-16-15(12-5-4-10(2)20-12)11(7-14(18)19)17(13)8-9/h3-6,8H,7H2,1-2H3,(H,18,19). The molecule has 0 unspecified atom stereocenters. The highest BCUT2D eigenvalue weighted by atomic mass is 32.1. The molecule has 1 N–H and O–H groups in total. The second-order valence-corrected chi connectivity index (χ2v) is 6.11. The number of hydrogen-bond acceptors (Lipinski definition) is 3. The zero-order chi connectivity index (χ0) is 14.3. The second-order valence-electron chi connectivity index (χ2n) is 4.82. The zero-order valence-electron chi connectivity index (χ0n) is 11.3. The lowest BCUT2D eigenvalue weighted by molar-refractivity contribution is -0.136. The summed E-state index contributed by atoms with van der Waals surface area (Å²) < 4.78 is 1.88. The first-order valence-corrected chi connectivity index (χ1v) is 7.12. The molecular formula is C15H14N2O2S. The summed E-state index contributed by atoms with van der Waals surface area (Å²) in [6.07, 6.45) is 1.90. The van der Waals surface area contributed by atoms with E-state index in [0.29, 0.717) is 0 Å². The molecule has 0 saturated carbocycles. The molecule has 3 rings (SSSR count). The van der Waals surface area contributed by atoms with Gasteiger partial charge in [0.15, 0.2) is 0 Å². The largest absolute Gasteiger partial charge is 0.481 e. The van der Waals surface area contributed by atoms with E-state index in [1.807, 2.05) is 48.7 Å². The maximum absolute atomic E-state index is 11.1. The molecule has 0 fully saturated rings. The van der Waals surface area contributed by atoms with E-state index in [-0.39, 0.29) is 6.42 Å². The Morgan fingerprint density at radius 3 is 2.75 bits per heavy atom. The number of carbonyl (C=O) groups is 1. The van der Waals surface area contributed by atoms with Gasteiger partial charge in [-0.1, -0.05) is 6.07 Å². The van der Waals surface area contributed by atoms with Crippen LogP contribution in [0, 0.1) is 13.8 Å². The number of fused-ring (bicyclic) bond motifs is 1. The fourth-order valence-corrected chi connectivity index (χ4v) is 3.15. The number of imidazole rings is 1. The molecule has 5 heteroatoms. The van der Waals surface area contributed by atoms with Crippen LogP contribution in [0.4, 0.5) is 0 Å². The first-order chi connectivity index (χ1) is 9.54. The number of thiophene rings is 1. The van der Waals surface area contributed by atoms with Crippen LogP contribution in [0.3, 0.4) is 0 Å². The molecule has 0 aliphatic rings. The third-order valence-corrected chi connectivity index (χ3v) is 4.17. The molecule has 0 saturated heterocycles. The lowest BCUT2D eigenvalue weighted by atomic mass is 10.2. The third kappa shape index (κ3) is 2.20. The highest BCUT2D eigenvalue weighted by Gasteiger charge is 2.17. The Hall–Kier alpha value is -2.14. The Balaban J connectivity index is 2.27. The molecule has 0 radical (unpaired) electrons. The maximum Gasteiger partial charge on any atom is 0.309 e. The number of aromatic nitrogens is 2. The van der Waals surface area contributed by atoms with Gasteiger partial charge in [0, 0.05) is 11.1 Å². The van der Waals surface area contributed by atoms with E-state index in [0.717, 1.165) is 27.5 Å². The highest BCUT2D eigenvalue weighted by Crippen LogP contribution is 2.31. The van der Waals surface area contributed by atoms with E-state index in [1.54, 1.807) is 11.3 Å². The van der Waals surface area contributed by atoms with E-state index in [1.165, 1.54) is 4.88 Å². The van der Waals surface area contributed by atoms with Crippen LogP contribution < -0.4 is 0 Å². The minimum Gasteiger partial charge on any atom is -0.481 e. The van der Waals surface area contributed by atoms with E-state index < -0.39 is 5.97 Å². The molecule has 3 aromatic rings. The monoisotopic (exact) mass is 286 g/mol. The first kappa shape index (κ1) is 12.9. The number of carboxylic acids is 1. The molecule has 3 heterocycles. The van der Waals surface area contributed by atoms with Gasteiger partial charge in [-0.25, -0.2) is 4.98 Å². The normalized spacial score (nSPS) is 11.1. The SMILES string of the molecule is Cc1ccc2nc(-c3ccc(C)s3)c(CC(=O)O)n2c1. The van der Waals surface area contributed by atoms with Crippen LogP contribution in [0.1, 0.15) is 16.1 Å². The molecule has 0 atom stereocenters. The molecule has 0 amide bonds. The quantitative estimate of drug-likeness (QED) is 0.803. The molecule has 4 nitrogen and oxygen atoms in total. The van der Waals surface area contributed by atoms with Crippen molar-refractivity contribution in [3.05, 3.63) is 46.6 Å². The summed E-state index contributed by atoms with van der Waals surface area (Å²) in [5.41, 5.74) is 3.37. The molecular weight excluding hydrogens is 272 g/mol. The summed E-state index contributed by atoms with van der Waals surface area (Å²) in [6.45, 7) is 4.02. The average Bonchev–Trinajstić information content (AvgIpc) is 2.94. The second kappa shape index (κ2) is 4.76. The first-order valence-electron chi connectivity index (χ1n) is 6.31. The molecule has 0 spiro atoms. The molecule has 20 heavy (non-hydrogen) atoms. The van der Waals surface area contributed by atoms with Crippen LogP contribution in [-0.4, -0.2) is 20.5 Å². The average molecular weight is 286 g/mol. The van der Waals surface area contributed by atoms with Crippen LogP contribution in [0.5, 0.6) is 0 Å². The van der Waals surface area contributed by atoms with Gasteiger partial charge in [0.1, 0.15) is 11.3 Å². The number of nitrogens with zero attached hydrogens (tertiary/aromatic N) is 2. The van der Waals surface area contributed by atoms with Gasteiger partial charge in [-0.15, -0.1) is 11.3 Å². The van der Waals surface area contributed by atoms with Gasteiger partial charge in [-0.05, 0) is 37.6 Å². The smallest absolute Gasteiger partial charge is 0.309 e. The lowest BCUT2D eigenvalue weighted by Gasteiger charge is -2.02. The Kier molecular flexibility index (Phi) is 3.06. The molecule has 0 bridgehead atoms. The van der Waals surface area contributed by atoms with Crippen molar-refractivity contribution in [2.75, 3.05) is 0 Å². The number of carboxylic acid groups (broad SMARTS) is 1. The maximum atomic E-state index is 11.1. The van der Waals surface area contributed by atoms with E-state index in [9.17, 15) is 4.79 Å². The van der Waals surface area contributed by atoms with E-state index >= 15 is 0 Å². The predicted octanol–water partition coefficient (Wildman–Crippen LogP) is 3.31. The zero-order valence-corrected chi connectivity index (χ0v) is 12.1. The Morgan fingerprint density at radius 1 is 1.30 bits per heavy atom. The molecule has 3 aromatic heterocycles. The summed E-state index contributed by atoms with van der Waals surface area (Å²) in [4.78, 5) is 18.0. The van der Waals surface area contributed by atoms with Gasteiger partial charge in [0.25, 0.3) is 0 Å². The van der Waals surface area contributed by atoms with Crippen molar-refractivity contribution in [3.8, 4) is 10.6 Å². The fourth-order valence-electron chi connectivity index (χ4n) is 2.27. The van der Waals surface area contributed by atoms with Crippen LogP contribution in [0.2, 0.25) is 0 Å². The summed E-state index contributed by atoms with van der Waals surface area (Å²) >= 11 is 1.63. The minimum atomic E-state index is -0.845. The van der Waals surface area contributed by atoms with Crippen molar-refractivity contribution < 1.29 is 9.90 Å². The van der Waals surface area contributed by atoms with Gasteiger partial charge in [0.2, 0.25) is 0 Å². The van der Waals surface area contributed by atoms with Gasteiger partial charge in [0.05, 0.1) is 17.0 Å². The van der Waals surface area contributed by atoms with Gasteiger partial charge in [-0.3, -0.25) is 4.79 Å². The van der Waals surface area contributed by atoms with Crippen molar-refractivity contribution in [2.45, 2.75) is 20.3 Å². The van der Waals surface area contributed by atoms with Crippen molar-refractivity contribution in [1.82, 2.24) is 9.38 Å². The Morgan fingerprint density at radius 2 is 2.10 bits per heavy atom. The topological polar surface area (TPSA) is 54.6 Å². The van der Waals surface area contributed by atoms with Crippen molar-refractivity contribution in [2.24, 2.45) is 0 Å². The third-order valence-electron chi connectivity index (χ3n) is 3.16. The summed E-state index contributed by atoms with van der Waals surface area (Å²) in [6, 6.07) is 7.93. The van der Waals surface area contributed by atoms with E-state index in [4.69, 9.17) is 5.11 Å². The van der Waals surface area contributed by atoms with Crippen molar-refractivity contribution >= 4 is 23.0 Å². The lowest BCUT2D eigenvalue weighted by Crippen LogP contribution is -2.04. The van der Waals surface area contributed by atoms with Crippen LogP contribution in [-0.2, 0) is 11.2 Å². The Labute approximate surface area is 120 Å². The number of rotatable bonds is 3. The molecule has 0 aromatic carbocycles.